The van der Waals surface area contributed by atoms with Crippen LogP contribution in [-0.4, -0.2) is 29.0 Å². The summed E-state index contributed by atoms with van der Waals surface area (Å²) >= 11 is 2.63. The number of nitrogens with one attached hydrogen (secondary N) is 2. The number of amides is 1. The lowest BCUT2D eigenvalue weighted by atomic mass is 10.2. The van der Waals surface area contributed by atoms with Gasteiger partial charge in [0.05, 0.1) is 12.9 Å². The van der Waals surface area contributed by atoms with Gasteiger partial charge < -0.3 is 15.4 Å². The number of carbonyl (C=O) groups excluding carboxylic acids is 1. The van der Waals surface area contributed by atoms with Gasteiger partial charge in [0.15, 0.2) is 4.34 Å². The predicted molar refractivity (Wildman–Crippen MR) is 105 cm³/mol. The standard InChI is InChI=1S/C18H17FN4O2S2/c1-25-14-7-4-6-13(9-14)21-17-22-23-18(27-17)26-11-16(24)20-10-12-5-2-3-8-15(12)19/h2-9H,10-11H2,1H3,(H,20,24)(H,21,22). The van der Waals surface area contributed by atoms with Crippen LogP contribution in [0.15, 0.2) is 52.9 Å². The number of nitrogens with zero attached hydrogens (tertiary/aromatic N) is 2. The van der Waals surface area contributed by atoms with E-state index in [0.29, 0.717) is 15.0 Å². The number of aromatic nitrogens is 2. The van der Waals surface area contributed by atoms with Gasteiger partial charge in [0.2, 0.25) is 11.0 Å². The molecule has 0 aliphatic carbocycles. The number of rotatable bonds is 8. The Bertz CT molecular complexity index is 920. The Morgan fingerprint density at radius 1 is 1.22 bits per heavy atom. The van der Waals surface area contributed by atoms with Crippen molar-refractivity contribution in [1.29, 1.82) is 0 Å². The first kappa shape index (κ1) is 19.1. The van der Waals surface area contributed by atoms with Crippen molar-refractivity contribution < 1.29 is 13.9 Å². The number of thioether (sulfide) groups is 1. The molecular formula is C18H17FN4O2S2. The van der Waals surface area contributed by atoms with Gasteiger partial charge in [-0.1, -0.05) is 47.4 Å². The zero-order valence-electron chi connectivity index (χ0n) is 14.4. The molecule has 3 aromatic rings. The molecule has 0 unspecified atom stereocenters. The van der Waals surface area contributed by atoms with Gasteiger partial charge in [0.1, 0.15) is 11.6 Å². The van der Waals surface area contributed by atoms with Crippen molar-refractivity contribution in [3.05, 3.63) is 59.9 Å². The van der Waals surface area contributed by atoms with E-state index in [2.05, 4.69) is 20.8 Å². The second kappa shape index (κ2) is 9.33. The van der Waals surface area contributed by atoms with E-state index >= 15 is 0 Å². The third-order valence-corrected chi connectivity index (χ3v) is 5.46. The van der Waals surface area contributed by atoms with Crippen molar-refractivity contribution in [2.75, 3.05) is 18.2 Å². The van der Waals surface area contributed by atoms with E-state index in [-0.39, 0.29) is 24.0 Å². The van der Waals surface area contributed by atoms with Crippen molar-refractivity contribution in [3.63, 3.8) is 0 Å². The van der Waals surface area contributed by atoms with E-state index in [0.717, 1.165) is 11.4 Å². The molecule has 0 aliphatic heterocycles. The first-order valence-corrected chi connectivity index (χ1v) is 9.82. The van der Waals surface area contributed by atoms with Gasteiger partial charge in [-0.25, -0.2) is 4.39 Å². The second-order valence-corrected chi connectivity index (χ2v) is 7.59. The number of methoxy groups -OCH3 is 1. The summed E-state index contributed by atoms with van der Waals surface area (Å²) in [6.45, 7) is 0.158. The second-order valence-electron chi connectivity index (χ2n) is 5.39. The summed E-state index contributed by atoms with van der Waals surface area (Å²) in [6, 6.07) is 13.8. The summed E-state index contributed by atoms with van der Waals surface area (Å²) in [5, 5.41) is 14.6. The summed E-state index contributed by atoms with van der Waals surface area (Å²) in [5.74, 6) is 0.400. The van der Waals surface area contributed by atoms with Crippen LogP contribution >= 0.6 is 23.1 Å². The van der Waals surface area contributed by atoms with Crippen LogP contribution in [-0.2, 0) is 11.3 Å². The Labute approximate surface area is 164 Å². The Morgan fingerprint density at radius 3 is 2.89 bits per heavy atom. The van der Waals surface area contributed by atoms with E-state index in [4.69, 9.17) is 4.74 Å². The van der Waals surface area contributed by atoms with E-state index in [1.807, 2.05) is 24.3 Å². The molecule has 9 heteroatoms. The predicted octanol–water partition coefficient (Wildman–Crippen LogP) is 3.84. The van der Waals surface area contributed by atoms with Crippen LogP contribution in [0.3, 0.4) is 0 Å². The molecule has 0 radical (unpaired) electrons. The highest BCUT2D eigenvalue weighted by atomic mass is 32.2. The smallest absolute Gasteiger partial charge is 0.230 e. The van der Waals surface area contributed by atoms with Crippen LogP contribution in [0.5, 0.6) is 5.75 Å². The lowest BCUT2D eigenvalue weighted by Crippen LogP contribution is -2.24. The molecule has 2 aromatic carbocycles. The van der Waals surface area contributed by atoms with Crippen LogP contribution in [0.4, 0.5) is 15.2 Å². The minimum Gasteiger partial charge on any atom is -0.497 e. The molecule has 140 valence electrons. The van der Waals surface area contributed by atoms with Gasteiger partial charge in [0, 0.05) is 23.9 Å². The van der Waals surface area contributed by atoms with Crippen LogP contribution in [0.1, 0.15) is 5.56 Å². The topological polar surface area (TPSA) is 76.1 Å². The average molecular weight is 404 g/mol. The van der Waals surface area contributed by atoms with Crippen molar-refractivity contribution >= 4 is 39.8 Å². The number of halogens is 1. The molecule has 0 saturated heterocycles. The maximum atomic E-state index is 13.5. The number of carbonyl (C=O) groups is 1. The lowest BCUT2D eigenvalue weighted by Gasteiger charge is -2.05. The van der Waals surface area contributed by atoms with Gasteiger partial charge in [0.25, 0.3) is 0 Å². The fraction of sp³-hybridized carbons (Fsp3) is 0.167. The van der Waals surface area contributed by atoms with E-state index in [9.17, 15) is 9.18 Å². The number of hydrogen-bond donors (Lipinski definition) is 2. The molecule has 1 aromatic heterocycles. The van der Waals surface area contributed by atoms with Gasteiger partial charge >= 0.3 is 0 Å². The van der Waals surface area contributed by atoms with Crippen LogP contribution in [0, 0.1) is 5.82 Å². The van der Waals surface area contributed by atoms with Crippen molar-refractivity contribution in [2.24, 2.45) is 0 Å². The molecule has 3 rings (SSSR count). The molecule has 2 N–H and O–H groups in total. The highest BCUT2D eigenvalue weighted by molar-refractivity contribution is 8.01. The number of benzene rings is 2. The van der Waals surface area contributed by atoms with Gasteiger partial charge in [-0.2, -0.15) is 0 Å². The van der Waals surface area contributed by atoms with Crippen molar-refractivity contribution in [2.45, 2.75) is 10.9 Å². The quantitative estimate of drug-likeness (QED) is 0.556. The molecule has 1 heterocycles. The van der Waals surface area contributed by atoms with E-state index < -0.39 is 0 Å². The number of ether oxygens (including phenoxy) is 1. The minimum atomic E-state index is -0.331. The van der Waals surface area contributed by atoms with Gasteiger partial charge in [-0.15, -0.1) is 10.2 Å². The summed E-state index contributed by atoms with van der Waals surface area (Å²) in [6.07, 6.45) is 0. The molecular weight excluding hydrogens is 387 g/mol. The zero-order chi connectivity index (χ0) is 19.1. The van der Waals surface area contributed by atoms with Crippen molar-refractivity contribution in [3.8, 4) is 5.75 Å². The maximum Gasteiger partial charge on any atom is 0.230 e. The molecule has 0 atom stereocenters. The monoisotopic (exact) mass is 404 g/mol. The fourth-order valence-electron chi connectivity index (χ4n) is 2.16. The third-order valence-electron chi connectivity index (χ3n) is 3.49. The number of hydrogen-bond acceptors (Lipinski definition) is 7. The Kier molecular flexibility index (Phi) is 6.61. The summed E-state index contributed by atoms with van der Waals surface area (Å²) in [4.78, 5) is 11.9. The van der Waals surface area contributed by atoms with Crippen LogP contribution < -0.4 is 15.4 Å². The lowest BCUT2D eigenvalue weighted by molar-refractivity contribution is -0.118. The molecule has 0 saturated carbocycles. The molecule has 0 aliphatic rings. The Morgan fingerprint density at radius 2 is 2.07 bits per heavy atom. The Balaban J connectivity index is 1.47. The summed E-state index contributed by atoms with van der Waals surface area (Å²) in [5.41, 5.74) is 1.29. The average Bonchev–Trinajstić information content (AvgIpc) is 3.13. The highest BCUT2D eigenvalue weighted by Crippen LogP contribution is 2.28. The molecule has 0 spiro atoms. The molecule has 1 amide bonds. The summed E-state index contributed by atoms with van der Waals surface area (Å²) in [7, 11) is 1.61. The number of anilines is 2. The largest absolute Gasteiger partial charge is 0.497 e. The first-order valence-electron chi connectivity index (χ1n) is 8.01. The summed E-state index contributed by atoms with van der Waals surface area (Å²) < 4.78 is 19.4. The van der Waals surface area contributed by atoms with E-state index in [1.165, 1.54) is 29.2 Å². The highest BCUT2D eigenvalue weighted by Gasteiger charge is 2.09. The first-order chi connectivity index (χ1) is 13.1. The molecule has 0 fully saturated rings. The van der Waals surface area contributed by atoms with Gasteiger partial charge in [-0.05, 0) is 18.2 Å². The SMILES string of the molecule is COc1cccc(Nc2nnc(SCC(=O)NCc3ccccc3F)s2)c1. The molecule has 6 nitrogen and oxygen atoms in total. The van der Waals surface area contributed by atoms with Crippen molar-refractivity contribution in [1.82, 2.24) is 15.5 Å². The van der Waals surface area contributed by atoms with E-state index in [1.54, 1.807) is 25.3 Å². The van der Waals surface area contributed by atoms with Crippen LogP contribution in [0.2, 0.25) is 0 Å². The zero-order valence-corrected chi connectivity index (χ0v) is 16.1. The minimum absolute atomic E-state index is 0.158. The fourth-order valence-corrected chi connectivity index (χ4v) is 3.76. The van der Waals surface area contributed by atoms with Crippen LogP contribution in [0.25, 0.3) is 0 Å². The molecule has 27 heavy (non-hydrogen) atoms. The third kappa shape index (κ3) is 5.66. The normalized spacial score (nSPS) is 10.4. The molecule has 0 bridgehead atoms. The Hall–Kier alpha value is -2.65. The van der Waals surface area contributed by atoms with Gasteiger partial charge in [-0.3, -0.25) is 4.79 Å². The maximum absolute atomic E-state index is 13.5.